The van der Waals surface area contributed by atoms with Gasteiger partial charge in [-0.05, 0) is 43.0 Å². The summed E-state index contributed by atoms with van der Waals surface area (Å²) in [6.45, 7) is 8.20. The first kappa shape index (κ1) is 19.8. The molecule has 3 rings (SSSR count). The van der Waals surface area contributed by atoms with Crippen molar-refractivity contribution >= 4 is 5.91 Å². The third-order valence-electron chi connectivity index (χ3n) is 5.43. The number of rotatable bonds is 6. The number of nitrogens with one attached hydrogen (secondary N) is 1. The average Bonchev–Trinajstić information content (AvgIpc) is 3.10. The lowest BCUT2D eigenvalue weighted by Gasteiger charge is -2.33. The molecule has 0 aliphatic heterocycles. The molecule has 1 heterocycles. The van der Waals surface area contributed by atoms with Crippen LogP contribution in [0.5, 0.6) is 0 Å². The van der Waals surface area contributed by atoms with E-state index in [1.54, 1.807) is 4.68 Å². The maximum absolute atomic E-state index is 12.7. The van der Waals surface area contributed by atoms with E-state index in [0.29, 0.717) is 17.9 Å². The number of amides is 1. The fourth-order valence-electron chi connectivity index (χ4n) is 2.96. The van der Waals surface area contributed by atoms with E-state index in [4.69, 9.17) is 5.73 Å². The number of nitrogens with two attached hydrogens (primary N) is 1. The largest absolute Gasteiger partial charge is 0.344 e. The van der Waals surface area contributed by atoms with Crippen molar-refractivity contribution in [3.05, 3.63) is 66.0 Å². The number of carbonyl (C=O) groups excluding carboxylic acids is 1. The first-order valence-corrected chi connectivity index (χ1v) is 9.46. The summed E-state index contributed by atoms with van der Waals surface area (Å²) in [5, 5.41) is 11.3. The van der Waals surface area contributed by atoms with E-state index in [-0.39, 0.29) is 11.8 Å². The quantitative estimate of drug-likeness (QED) is 0.690. The monoisotopic (exact) mass is 377 g/mol. The SMILES string of the molecule is Cc1c(C(=O)NC(C)(CN)C(C)C)nnn1-c1ccc(-c2ccccc2)cc1. The van der Waals surface area contributed by atoms with Gasteiger partial charge in [-0.2, -0.15) is 0 Å². The molecule has 0 aliphatic rings. The Morgan fingerprint density at radius 2 is 1.71 bits per heavy atom. The van der Waals surface area contributed by atoms with Gasteiger partial charge in [0, 0.05) is 6.54 Å². The fourth-order valence-corrected chi connectivity index (χ4v) is 2.96. The molecule has 28 heavy (non-hydrogen) atoms. The number of hydrogen-bond donors (Lipinski definition) is 2. The maximum Gasteiger partial charge on any atom is 0.274 e. The zero-order valence-corrected chi connectivity index (χ0v) is 16.8. The molecule has 6 heteroatoms. The number of carbonyl (C=O) groups is 1. The Balaban J connectivity index is 1.84. The van der Waals surface area contributed by atoms with E-state index in [2.05, 4.69) is 27.8 Å². The first-order chi connectivity index (χ1) is 13.4. The highest BCUT2D eigenvalue weighted by Crippen LogP contribution is 2.22. The lowest BCUT2D eigenvalue weighted by Crippen LogP contribution is -2.55. The van der Waals surface area contributed by atoms with E-state index in [1.165, 1.54) is 0 Å². The van der Waals surface area contributed by atoms with Crippen LogP contribution in [0.3, 0.4) is 0 Å². The molecule has 146 valence electrons. The third kappa shape index (κ3) is 3.82. The maximum atomic E-state index is 12.7. The van der Waals surface area contributed by atoms with Crippen molar-refractivity contribution in [3.8, 4) is 16.8 Å². The molecule has 0 aliphatic carbocycles. The zero-order chi connectivity index (χ0) is 20.3. The standard InChI is InChI=1S/C22H27N5O/c1-15(2)22(4,14-23)24-21(28)20-16(3)27(26-25-20)19-12-10-18(11-13-19)17-8-6-5-7-9-17/h5-13,15H,14,23H2,1-4H3,(H,24,28). The zero-order valence-electron chi connectivity index (χ0n) is 16.8. The average molecular weight is 377 g/mol. The van der Waals surface area contributed by atoms with Crippen molar-refractivity contribution in [3.63, 3.8) is 0 Å². The van der Waals surface area contributed by atoms with Gasteiger partial charge in [-0.25, -0.2) is 4.68 Å². The molecule has 0 spiro atoms. The molecule has 1 aromatic heterocycles. The van der Waals surface area contributed by atoms with E-state index in [9.17, 15) is 4.79 Å². The van der Waals surface area contributed by atoms with Crippen LogP contribution in [0.4, 0.5) is 0 Å². The van der Waals surface area contributed by atoms with Gasteiger partial charge < -0.3 is 11.1 Å². The molecule has 0 saturated heterocycles. The van der Waals surface area contributed by atoms with E-state index >= 15 is 0 Å². The van der Waals surface area contributed by atoms with Gasteiger partial charge >= 0.3 is 0 Å². The Morgan fingerprint density at radius 1 is 1.11 bits per heavy atom. The van der Waals surface area contributed by atoms with Crippen molar-refractivity contribution in [2.75, 3.05) is 6.54 Å². The molecule has 2 aromatic carbocycles. The molecule has 1 amide bonds. The summed E-state index contributed by atoms with van der Waals surface area (Å²) in [6.07, 6.45) is 0. The van der Waals surface area contributed by atoms with Gasteiger partial charge in [-0.3, -0.25) is 4.79 Å². The number of hydrogen-bond acceptors (Lipinski definition) is 4. The van der Waals surface area contributed by atoms with Gasteiger partial charge in [0.15, 0.2) is 5.69 Å². The van der Waals surface area contributed by atoms with Gasteiger partial charge in [0.1, 0.15) is 0 Å². The van der Waals surface area contributed by atoms with Gasteiger partial charge in [-0.1, -0.05) is 61.5 Å². The summed E-state index contributed by atoms with van der Waals surface area (Å²) in [6, 6.07) is 18.2. The molecule has 1 atom stereocenters. The van der Waals surface area contributed by atoms with Gasteiger partial charge in [0.2, 0.25) is 0 Å². The summed E-state index contributed by atoms with van der Waals surface area (Å²) in [5.74, 6) is -0.0614. The van der Waals surface area contributed by atoms with Crippen molar-refractivity contribution in [2.45, 2.75) is 33.2 Å². The molecular formula is C22H27N5O. The summed E-state index contributed by atoms with van der Waals surface area (Å²) in [4.78, 5) is 12.7. The molecule has 0 bridgehead atoms. The minimum Gasteiger partial charge on any atom is -0.344 e. The topological polar surface area (TPSA) is 85.8 Å². The lowest BCUT2D eigenvalue weighted by atomic mass is 9.88. The first-order valence-electron chi connectivity index (χ1n) is 9.46. The number of nitrogens with zero attached hydrogens (tertiary/aromatic N) is 3. The summed E-state index contributed by atoms with van der Waals surface area (Å²) < 4.78 is 1.68. The lowest BCUT2D eigenvalue weighted by molar-refractivity contribution is 0.0877. The summed E-state index contributed by atoms with van der Waals surface area (Å²) >= 11 is 0. The molecule has 0 fully saturated rings. The molecule has 0 radical (unpaired) electrons. The summed E-state index contributed by atoms with van der Waals surface area (Å²) in [5.41, 5.74) is 9.51. The summed E-state index contributed by atoms with van der Waals surface area (Å²) in [7, 11) is 0. The predicted molar refractivity (Wildman–Crippen MR) is 111 cm³/mol. The van der Waals surface area contributed by atoms with Crippen molar-refractivity contribution < 1.29 is 4.79 Å². The Labute approximate surface area is 165 Å². The minimum atomic E-state index is -0.495. The highest BCUT2D eigenvalue weighted by atomic mass is 16.2. The third-order valence-corrected chi connectivity index (χ3v) is 5.43. The van der Waals surface area contributed by atoms with Crippen LogP contribution in [0.2, 0.25) is 0 Å². The Hall–Kier alpha value is -2.99. The Kier molecular flexibility index (Phi) is 5.61. The second-order valence-electron chi connectivity index (χ2n) is 7.58. The van der Waals surface area contributed by atoms with Crippen LogP contribution in [0.1, 0.15) is 37.0 Å². The van der Waals surface area contributed by atoms with Gasteiger partial charge in [0.05, 0.1) is 16.9 Å². The number of benzene rings is 2. The van der Waals surface area contributed by atoms with Crippen molar-refractivity contribution in [1.29, 1.82) is 0 Å². The molecule has 0 saturated carbocycles. The number of aromatic nitrogens is 3. The molecular weight excluding hydrogens is 350 g/mol. The van der Waals surface area contributed by atoms with Crippen LogP contribution in [-0.2, 0) is 0 Å². The molecule has 6 nitrogen and oxygen atoms in total. The van der Waals surface area contributed by atoms with Gasteiger partial charge in [0.25, 0.3) is 5.91 Å². The van der Waals surface area contributed by atoms with E-state index < -0.39 is 5.54 Å². The molecule has 1 unspecified atom stereocenters. The van der Waals surface area contributed by atoms with E-state index in [0.717, 1.165) is 16.8 Å². The second-order valence-corrected chi connectivity index (χ2v) is 7.58. The van der Waals surface area contributed by atoms with Crippen LogP contribution in [0.15, 0.2) is 54.6 Å². The van der Waals surface area contributed by atoms with Crippen LogP contribution in [-0.4, -0.2) is 33.0 Å². The van der Waals surface area contributed by atoms with E-state index in [1.807, 2.05) is 70.2 Å². The minimum absolute atomic E-state index is 0.197. The highest BCUT2D eigenvalue weighted by Gasteiger charge is 2.30. The Bertz CT molecular complexity index is 947. The smallest absolute Gasteiger partial charge is 0.274 e. The van der Waals surface area contributed by atoms with Crippen LogP contribution in [0, 0.1) is 12.8 Å². The fraction of sp³-hybridized carbons (Fsp3) is 0.318. The molecule has 3 aromatic rings. The predicted octanol–water partition coefficient (Wildman–Crippen LogP) is 3.35. The normalized spacial score (nSPS) is 13.4. The second kappa shape index (κ2) is 7.94. The van der Waals surface area contributed by atoms with Crippen molar-refractivity contribution in [2.24, 2.45) is 11.7 Å². The van der Waals surface area contributed by atoms with Crippen LogP contribution >= 0.6 is 0 Å². The van der Waals surface area contributed by atoms with Crippen LogP contribution in [0.25, 0.3) is 16.8 Å². The van der Waals surface area contributed by atoms with Crippen LogP contribution < -0.4 is 11.1 Å². The Morgan fingerprint density at radius 3 is 2.29 bits per heavy atom. The van der Waals surface area contributed by atoms with Crippen molar-refractivity contribution in [1.82, 2.24) is 20.3 Å². The van der Waals surface area contributed by atoms with Gasteiger partial charge in [-0.15, -0.1) is 5.10 Å². The molecule has 3 N–H and O–H groups in total. The highest BCUT2D eigenvalue weighted by molar-refractivity contribution is 5.93.